The zero-order chi connectivity index (χ0) is 20.5. The molecule has 0 saturated heterocycles. The molecule has 0 spiro atoms. The lowest BCUT2D eigenvalue weighted by atomic mass is 9.79. The number of hydrogen-bond acceptors (Lipinski definition) is 7. The van der Waals surface area contributed by atoms with Gasteiger partial charge in [0.15, 0.2) is 0 Å². The van der Waals surface area contributed by atoms with Crippen LogP contribution < -0.4 is 21.2 Å². The normalized spacial score (nSPS) is 13.4. The molecule has 1 heterocycles. The van der Waals surface area contributed by atoms with Crippen LogP contribution in [0.4, 0.5) is 21.9 Å². The Morgan fingerprint density at radius 3 is 2.75 bits per heavy atom. The van der Waals surface area contributed by atoms with E-state index in [9.17, 15) is 18.2 Å². The summed E-state index contributed by atoms with van der Waals surface area (Å²) < 4.78 is 38.3. The predicted molar refractivity (Wildman–Crippen MR) is 106 cm³/mol. The van der Waals surface area contributed by atoms with Gasteiger partial charge in [0.1, 0.15) is 4.90 Å². The number of nitrogens with two attached hydrogens (primary N) is 1. The summed E-state index contributed by atoms with van der Waals surface area (Å²) in [6.45, 7) is 3.60. The molecule has 9 nitrogen and oxygen atoms in total. The van der Waals surface area contributed by atoms with Gasteiger partial charge in [0.05, 0.1) is 18.4 Å². The summed E-state index contributed by atoms with van der Waals surface area (Å²) in [6, 6.07) is 8.76. The van der Waals surface area contributed by atoms with Crippen LogP contribution in [0, 0.1) is 0 Å². The average molecular weight is 405 g/mol. The third kappa shape index (κ3) is 4.38. The van der Waals surface area contributed by atoms with E-state index < -0.39 is 23.2 Å². The molecule has 0 unspecified atom stereocenters. The van der Waals surface area contributed by atoms with Crippen molar-refractivity contribution in [1.29, 1.82) is 0 Å². The van der Waals surface area contributed by atoms with Gasteiger partial charge in [-0.25, -0.2) is 13.2 Å². The van der Waals surface area contributed by atoms with Crippen molar-refractivity contribution < 1.29 is 27.6 Å². The first-order valence-corrected chi connectivity index (χ1v) is 9.96. The Hall–Kier alpha value is -2.76. The minimum absolute atomic E-state index is 0.0114. The quantitative estimate of drug-likeness (QED) is 0.433. The standard InChI is InChI=1S/C17H20BN3O6S/c1-10(2)27-17(22)20-15-7-12(19)4-6-16(15)28(24,25)21-13-5-3-11-9-26-18(23)14(11)8-13/h3-8,10,21,23H,9,19H2,1-2H3,(H,20,22). The number of hydrogen-bond donors (Lipinski definition) is 4. The Morgan fingerprint density at radius 1 is 1.29 bits per heavy atom. The molecule has 0 aromatic heterocycles. The molecule has 0 saturated carbocycles. The van der Waals surface area contributed by atoms with E-state index in [1.807, 2.05) is 0 Å². The lowest BCUT2D eigenvalue weighted by molar-refractivity contribution is 0.130. The molecular formula is C17H20BN3O6S. The van der Waals surface area contributed by atoms with Crippen LogP contribution in [-0.4, -0.2) is 32.8 Å². The molecule has 2 aromatic carbocycles. The van der Waals surface area contributed by atoms with Crippen LogP contribution in [0.1, 0.15) is 19.4 Å². The van der Waals surface area contributed by atoms with Crippen molar-refractivity contribution in [3.05, 3.63) is 42.0 Å². The number of benzene rings is 2. The van der Waals surface area contributed by atoms with Crippen LogP contribution in [-0.2, 0) is 26.0 Å². The number of carbonyl (C=O) groups excluding carboxylic acids is 1. The van der Waals surface area contributed by atoms with Crippen molar-refractivity contribution in [2.45, 2.75) is 31.5 Å². The monoisotopic (exact) mass is 405 g/mol. The van der Waals surface area contributed by atoms with Gasteiger partial charge in [0, 0.05) is 11.4 Å². The molecular weight excluding hydrogens is 385 g/mol. The Morgan fingerprint density at radius 2 is 2.04 bits per heavy atom. The third-order valence-corrected chi connectivity index (χ3v) is 5.37. The van der Waals surface area contributed by atoms with E-state index in [0.29, 0.717) is 5.46 Å². The van der Waals surface area contributed by atoms with Crippen LogP contribution >= 0.6 is 0 Å². The fourth-order valence-electron chi connectivity index (χ4n) is 2.72. The highest BCUT2D eigenvalue weighted by atomic mass is 32.2. The molecule has 0 radical (unpaired) electrons. The maximum atomic E-state index is 12.9. The molecule has 11 heteroatoms. The number of nitrogens with one attached hydrogen (secondary N) is 2. The van der Waals surface area contributed by atoms with Gasteiger partial charge >= 0.3 is 13.2 Å². The van der Waals surface area contributed by atoms with Gasteiger partial charge in [0.2, 0.25) is 0 Å². The van der Waals surface area contributed by atoms with Gasteiger partial charge in [-0.3, -0.25) is 10.0 Å². The van der Waals surface area contributed by atoms with E-state index in [1.54, 1.807) is 26.0 Å². The molecule has 1 aliphatic heterocycles. The summed E-state index contributed by atoms with van der Waals surface area (Å²) in [6.07, 6.45) is -1.17. The van der Waals surface area contributed by atoms with E-state index in [0.717, 1.165) is 5.56 Å². The van der Waals surface area contributed by atoms with Gasteiger partial charge in [-0.1, -0.05) is 6.07 Å². The number of anilines is 3. The fourth-order valence-corrected chi connectivity index (χ4v) is 3.92. The molecule has 0 fully saturated rings. The maximum absolute atomic E-state index is 12.9. The predicted octanol–water partition coefficient (Wildman–Crippen LogP) is 1.24. The van der Waals surface area contributed by atoms with Gasteiger partial charge in [-0.2, -0.15) is 0 Å². The highest BCUT2D eigenvalue weighted by Gasteiger charge is 2.28. The molecule has 0 atom stereocenters. The molecule has 0 aliphatic carbocycles. The van der Waals surface area contributed by atoms with Crippen LogP contribution in [0.25, 0.3) is 0 Å². The molecule has 5 N–H and O–H groups in total. The van der Waals surface area contributed by atoms with Gasteiger partial charge < -0.3 is 20.1 Å². The van der Waals surface area contributed by atoms with Gasteiger partial charge in [-0.15, -0.1) is 0 Å². The molecule has 28 heavy (non-hydrogen) atoms. The summed E-state index contributed by atoms with van der Waals surface area (Å²) in [4.78, 5) is 11.7. The molecule has 2 aromatic rings. The number of nitrogen functional groups attached to an aromatic ring is 1. The minimum Gasteiger partial charge on any atom is -0.447 e. The molecule has 148 valence electrons. The van der Waals surface area contributed by atoms with Crippen molar-refractivity contribution in [2.24, 2.45) is 0 Å². The van der Waals surface area contributed by atoms with Crippen molar-refractivity contribution in [1.82, 2.24) is 0 Å². The Balaban J connectivity index is 1.89. The SMILES string of the molecule is CC(C)OC(=O)Nc1cc(N)ccc1S(=O)(=O)Nc1ccc2c(c1)B(O)OC2. The van der Waals surface area contributed by atoms with E-state index in [-0.39, 0.29) is 34.7 Å². The maximum Gasteiger partial charge on any atom is 0.491 e. The van der Waals surface area contributed by atoms with Gasteiger partial charge in [0.25, 0.3) is 10.0 Å². The summed E-state index contributed by atoms with van der Waals surface area (Å²) in [5.41, 5.74) is 7.51. The number of rotatable bonds is 5. The third-order valence-electron chi connectivity index (χ3n) is 3.93. The van der Waals surface area contributed by atoms with E-state index >= 15 is 0 Å². The lowest BCUT2D eigenvalue weighted by Crippen LogP contribution is -2.28. The van der Waals surface area contributed by atoms with Crippen LogP contribution in [0.2, 0.25) is 0 Å². The summed E-state index contributed by atoms with van der Waals surface area (Å²) in [5, 5.41) is 12.2. The molecule has 3 rings (SSSR count). The topological polar surface area (TPSA) is 140 Å². The van der Waals surface area contributed by atoms with Crippen molar-refractivity contribution in [2.75, 3.05) is 15.8 Å². The number of sulfonamides is 1. The Labute approximate surface area is 163 Å². The largest absolute Gasteiger partial charge is 0.491 e. The van der Waals surface area contributed by atoms with Crippen molar-refractivity contribution in [3.63, 3.8) is 0 Å². The second-order valence-corrected chi connectivity index (χ2v) is 8.17. The van der Waals surface area contributed by atoms with Gasteiger partial charge in [-0.05, 0) is 55.2 Å². The zero-order valence-corrected chi connectivity index (χ0v) is 16.1. The van der Waals surface area contributed by atoms with Crippen LogP contribution in [0.5, 0.6) is 0 Å². The number of fused-ring (bicyclic) bond motifs is 1. The zero-order valence-electron chi connectivity index (χ0n) is 15.3. The first-order chi connectivity index (χ1) is 13.2. The lowest BCUT2D eigenvalue weighted by Gasteiger charge is -2.15. The van der Waals surface area contributed by atoms with E-state index in [4.69, 9.17) is 15.1 Å². The average Bonchev–Trinajstić information content (AvgIpc) is 2.94. The Kier molecular flexibility index (Phi) is 5.50. The number of amides is 1. The van der Waals surface area contributed by atoms with Crippen LogP contribution in [0.15, 0.2) is 41.3 Å². The minimum atomic E-state index is -4.07. The van der Waals surface area contributed by atoms with Crippen LogP contribution in [0.3, 0.4) is 0 Å². The number of ether oxygens (including phenoxy) is 1. The first-order valence-electron chi connectivity index (χ1n) is 8.48. The second kappa shape index (κ2) is 7.70. The molecule has 1 aliphatic rings. The molecule has 0 bridgehead atoms. The summed E-state index contributed by atoms with van der Waals surface area (Å²) in [5.74, 6) is 0. The number of carbonyl (C=O) groups is 1. The molecule has 1 amide bonds. The summed E-state index contributed by atoms with van der Waals surface area (Å²) in [7, 11) is -5.17. The highest BCUT2D eigenvalue weighted by Crippen LogP contribution is 2.27. The fraction of sp³-hybridized carbons (Fsp3) is 0.235. The second-order valence-electron chi connectivity index (χ2n) is 6.52. The Bertz CT molecular complexity index is 1010. The smallest absolute Gasteiger partial charge is 0.447 e. The van der Waals surface area contributed by atoms with Crippen molar-refractivity contribution >= 4 is 45.8 Å². The first kappa shape index (κ1) is 20.0. The summed E-state index contributed by atoms with van der Waals surface area (Å²) >= 11 is 0. The van der Waals surface area contributed by atoms with Crippen molar-refractivity contribution in [3.8, 4) is 0 Å². The highest BCUT2D eigenvalue weighted by molar-refractivity contribution is 7.92. The van der Waals surface area contributed by atoms with E-state index in [1.165, 1.54) is 24.3 Å². The van der Waals surface area contributed by atoms with E-state index in [2.05, 4.69) is 10.0 Å².